The van der Waals surface area contributed by atoms with Gasteiger partial charge in [0.15, 0.2) is 6.73 Å². The molecule has 4 nitrogen and oxygen atoms in total. The summed E-state index contributed by atoms with van der Waals surface area (Å²) in [5.74, 6) is 0.519. The summed E-state index contributed by atoms with van der Waals surface area (Å²) in [7, 11) is 0. The van der Waals surface area contributed by atoms with Crippen molar-refractivity contribution in [2.24, 2.45) is 0 Å². The molecule has 34 heavy (non-hydrogen) atoms. The van der Waals surface area contributed by atoms with Crippen LogP contribution in [0.2, 0.25) is 5.02 Å². The van der Waals surface area contributed by atoms with Crippen molar-refractivity contribution in [3.8, 4) is 5.75 Å². The van der Waals surface area contributed by atoms with Gasteiger partial charge in [-0.05, 0) is 48.4 Å². The lowest BCUT2D eigenvalue weighted by Gasteiger charge is -2.32. The Bertz CT molecular complexity index is 1450. The van der Waals surface area contributed by atoms with Crippen molar-refractivity contribution in [1.82, 2.24) is 0 Å². The van der Waals surface area contributed by atoms with Crippen LogP contribution in [0, 0.1) is 6.92 Å². The summed E-state index contributed by atoms with van der Waals surface area (Å²) in [5, 5.41) is 0.924. The van der Waals surface area contributed by atoms with Gasteiger partial charge in [-0.2, -0.15) is 13.2 Å². The Morgan fingerprint density at radius 1 is 1.06 bits per heavy atom. The van der Waals surface area contributed by atoms with Crippen molar-refractivity contribution in [2.45, 2.75) is 26.1 Å². The van der Waals surface area contributed by atoms with E-state index in [1.54, 1.807) is 11.0 Å². The first-order valence-corrected chi connectivity index (χ1v) is 11.0. The molecule has 0 saturated heterocycles. The van der Waals surface area contributed by atoms with Crippen LogP contribution < -0.4 is 15.3 Å². The van der Waals surface area contributed by atoms with Crippen LogP contribution in [0.15, 0.2) is 69.9 Å². The van der Waals surface area contributed by atoms with E-state index >= 15 is 0 Å². The molecule has 4 aromatic rings. The predicted octanol–water partition coefficient (Wildman–Crippen LogP) is 6.72. The number of anilines is 1. The van der Waals surface area contributed by atoms with Crippen LogP contribution in [-0.2, 0) is 19.1 Å². The maximum atomic E-state index is 13.3. The SMILES string of the molecule is Cc1c(Cc2ccccc2)c(=O)oc2c3c(ccc12)OCN(c1cc(C(F)(F)F)ccc1Cl)C3. The second kappa shape index (κ2) is 8.40. The lowest BCUT2D eigenvalue weighted by atomic mass is 9.97. The van der Waals surface area contributed by atoms with E-state index in [9.17, 15) is 18.0 Å². The van der Waals surface area contributed by atoms with Crippen molar-refractivity contribution in [1.29, 1.82) is 0 Å². The van der Waals surface area contributed by atoms with Gasteiger partial charge in [0.25, 0.3) is 0 Å². The number of hydrogen-bond donors (Lipinski definition) is 0. The van der Waals surface area contributed by atoms with Gasteiger partial charge in [-0.3, -0.25) is 0 Å². The van der Waals surface area contributed by atoms with Crippen molar-refractivity contribution >= 4 is 28.3 Å². The van der Waals surface area contributed by atoms with Gasteiger partial charge in [-0.1, -0.05) is 41.9 Å². The fourth-order valence-corrected chi connectivity index (χ4v) is 4.49. The van der Waals surface area contributed by atoms with Crippen LogP contribution in [0.5, 0.6) is 5.75 Å². The van der Waals surface area contributed by atoms with Gasteiger partial charge in [0.1, 0.15) is 11.3 Å². The number of fused-ring (bicyclic) bond motifs is 3. The highest BCUT2D eigenvalue weighted by Crippen LogP contribution is 2.39. The topological polar surface area (TPSA) is 42.7 Å². The molecule has 5 rings (SSSR count). The van der Waals surface area contributed by atoms with E-state index in [-0.39, 0.29) is 24.0 Å². The van der Waals surface area contributed by atoms with E-state index in [0.717, 1.165) is 28.6 Å². The molecule has 0 radical (unpaired) electrons. The van der Waals surface area contributed by atoms with Crippen LogP contribution in [0.3, 0.4) is 0 Å². The lowest BCUT2D eigenvalue weighted by molar-refractivity contribution is -0.137. The third kappa shape index (κ3) is 4.01. The van der Waals surface area contributed by atoms with Gasteiger partial charge in [0.2, 0.25) is 0 Å². The standard InChI is InChI=1S/C26H19ClF3NO3/c1-15-18-8-10-23-20(24(18)34-25(32)19(15)11-16-5-3-2-4-6-16)13-31(14-33-23)22-12-17(26(28,29)30)7-9-21(22)27/h2-10,12H,11,13-14H2,1H3. The number of hydrogen-bond acceptors (Lipinski definition) is 4. The van der Waals surface area contributed by atoms with Crippen molar-refractivity contribution < 1.29 is 22.3 Å². The van der Waals surface area contributed by atoms with Gasteiger partial charge in [0, 0.05) is 17.4 Å². The molecule has 0 spiro atoms. The number of ether oxygens (including phenoxy) is 1. The summed E-state index contributed by atoms with van der Waals surface area (Å²) in [5.41, 5.74) is 2.25. The molecular formula is C26H19ClF3NO3. The monoisotopic (exact) mass is 485 g/mol. The van der Waals surface area contributed by atoms with Crippen LogP contribution >= 0.6 is 11.6 Å². The van der Waals surface area contributed by atoms with Gasteiger partial charge in [-0.25, -0.2) is 4.79 Å². The molecule has 0 saturated carbocycles. The minimum atomic E-state index is -4.50. The lowest BCUT2D eigenvalue weighted by Crippen LogP contribution is -2.32. The Balaban J connectivity index is 1.57. The Kier molecular flexibility index (Phi) is 5.52. The first-order valence-electron chi connectivity index (χ1n) is 10.6. The summed E-state index contributed by atoms with van der Waals surface area (Å²) in [6, 6.07) is 16.4. The number of alkyl halides is 3. The molecule has 0 amide bonds. The largest absolute Gasteiger partial charge is 0.473 e. The van der Waals surface area contributed by atoms with Gasteiger partial charge >= 0.3 is 11.8 Å². The summed E-state index contributed by atoms with van der Waals surface area (Å²) in [6.07, 6.45) is -4.07. The van der Waals surface area contributed by atoms with Crippen molar-refractivity contribution in [2.75, 3.05) is 11.6 Å². The summed E-state index contributed by atoms with van der Waals surface area (Å²) >= 11 is 6.24. The van der Waals surface area contributed by atoms with Gasteiger partial charge in [-0.15, -0.1) is 0 Å². The highest BCUT2D eigenvalue weighted by atomic mass is 35.5. The molecule has 1 aliphatic rings. The summed E-state index contributed by atoms with van der Waals surface area (Å²) < 4.78 is 51.3. The minimum absolute atomic E-state index is 0.00877. The molecule has 8 heteroatoms. The molecule has 2 heterocycles. The molecule has 0 aliphatic carbocycles. The molecule has 0 N–H and O–H groups in total. The molecule has 1 aliphatic heterocycles. The van der Waals surface area contributed by atoms with E-state index in [0.29, 0.717) is 28.9 Å². The van der Waals surface area contributed by atoms with Crippen LogP contribution in [0.4, 0.5) is 18.9 Å². The number of rotatable bonds is 3. The molecular weight excluding hydrogens is 467 g/mol. The minimum Gasteiger partial charge on any atom is -0.473 e. The highest BCUT2D eigenvalue weighted by Gasteiger charge is 2.32. The fraction of sp³-hybridized carbons (Fsp3) is 0.192. The smallest absolute Gasteiger partial charge is 0.416 e. The normalized spacial score (nSPS) is 13.6. The molecule has 0 fully saturated rings. The Hall–Kier alpha value is -3.45. The number of halogens is 4. The molecule has 0 unspecified atom stereocenters. The third-order valence-electron chi connectivity index (χ3n) is 6.08. The predicted molar refractivity (Wildman–Crippen MR) is 125 cm³/mol. The zero-order valence-electron chi connectivity index (χ0n) is 18.1. The molecule has 0 atom stereocenters. The van der Waals surface area contributed by atoms with Crippen molar-refractivity contribution in [3.63, 3.8) is 0 Å². The van der Waals surface area contributed by atoms with Crippen LogP contribution in [0.25, 0.3) is 11.0 Å². The highest BCUT2D eigenvalue weighted by molar-refractivity contribution is 6.33. The second-order valence-corrected chi connectivity index (χ2v) is 8.62. The second-order valence-electron chi connectivity index (χ2n) is 8.21. The van der Waals surface area contributed by atoms with Gasteiger partial charge in [0.05, 0.1) is 28.4 Å². The summed E-state index contributed by atoms with van der Waals surface area (Å²) in [6.45, 7) is 2.05. The van der Waals surface area contributed by atoms with Gasteiger partial charge < -0.3 is 14.1 Å². The molecule has 174 valence electrons. The van der Waals surface area contributed by atoms with Crippen LogP contribution in [-0.4, -0.2) is 6.73 Å². The Morgan fingerprint density at radius 2 is 1.82 bits per heavy atom. The number of benzene rings is 3. The number of nitrogens with zero attached hydrogens (tertiary/aromatic N) is 1. The quantitative estimate of drug-likeness (QED) is 0.302. The van der Waals surface area contributed by atoms with E-state index in [2.05, 4.69) is 0 Å². The third-order valence-corrected chi connectivity index (χ3v) is 6.40. The average Bonchev–Trinajstić information content (AvgIpc) is 2.81. The first-order chi connectivity index (χ1) is 16.2. The molecule has 3 aromatic carbocycles. The average molecular weight is 486 g/mol. The fourth-order valence-electron chi connectivity index (χ4n) is 4.25. The van der Waals surface area contributed by atoms with E-state index in [1.807, 2.05) is 43.3 Å². The van der Waals surface area contributed by atoms with E-state index < -0.39 is 17.4 Å². The van der Waals surface area contributed by atoms with E-state index in [4.69, 9.17) is 20.8 Å². The van der Waals surface area contributed by atoms with Crippen molar-refractivity contribution in [3.05, 3.63) is 104 Å². The Labute approximate surface area is 198 Å². The summed E-state index contributed by atoms with van der Waals surface area (Å²) in [4.78, 5) is 14.5. The maximum absolute atomic E-state index is 13.3. The maximum Gasteiger partial charge on any atom is 0.416 e. The van der Waals surface area contributed by atoms with Crippen LogP contribution in [0.1, 0.15) is 27.8 Å². The van der Waals surface area contributed by atoms with E-state index in [1.165, 1.54) is 6.07 Å². The zero-order valence-corrected chi connectivity index (χ0v) is 18.8. The Morgan fingerprint density at radius 3 is 2.56 bits per heavy atom. The number of aryl methyl sites for hydroxylation is 1. The molecule has 0 bridgehead atoms. The first kappa shape index (κ1) is 22.3. The molecule has 1 aromatic heterocycles. The zero-order chi connectivity index (χ0) is 24.0.